The number of nitrogens with two attached hydrogens (primary N) is 1. The van der Waals surface area contributed by atoms with Gasteiger partial charge in [-0.2, -0.15) is 0 Å². The van der Waals surface area contributed by atoms with E-state index < -0.39 is 0 Å². The van der Waals surface area contributed by atoms with Gasteiger partial charge in [0.25, 0.3) is 0 Å². The molecule has 3 heteroatoms. The Morgan fingerprint density at radius 1 is 1.52 bits per heavy atom. The molecule has 2 N–H and O–H groups in total. The fraction of sp³-hybridized carbons (Fsp3) is 0.667. The second-order valence-electron chi connectivity index (χ2n) is 6.39. The molecular weight excluding hydrogens is 260 g/mol. The van der Waals surface area contributed by atoms with E-state index in [0.29, 0.717) is 6.10 Å². The molecule has 3 atom stereocenters. The summed E-state index contributed by atoms with van der Waals surface area (Å²) in [6.07, 6.45) is 14.6. The van der Waals surface area contributed by atoms with Gasteiger partial charge in [-0.1, -0.05) is 37.1 Å². The van der Waals surface area contributed by atoms with E-state index in [0.717, 1.165) is 44.9 Å². The van der Waals surface area contributed by atoms with E-state index in [1.165, 1.54) is 11.1 Å². The summed E-state index contributed by atoms with van der Waals surface area (Å²) < 4.78 is 6.19. The lowest BCUT2D eigenvalue weighted by atomic mass is 9.98. The Hall–Kier alpha value is -1.06. The minimum absolute atomic E-state index is 0.155. The van der Waals surface area contributed by atoms with Gasteiger partial charge in [0, 0.05) is 18.4 Å². The SMILES string of the molecule is C=C(CCC1CCC(N2C=CCC(C)=C2)O1)C(N)CCC. The summed E-state index contributed by atoms with van der Waals surface area (Å²) in [5, 5.41) is 0. The minimum atomic E-state index is 0.155. The molecule has 2 heterocycles. The topological polar surface area (TPSA) is 38.5 Å². The monoisotopic (exact) mass is 290 g/mol. The van der Waals surface area contributed by atoms with Crippen molar-refractivity contribution < 1.29 is 4.74 Å². The fourth-order valence-electron chi connectivity index (χ4n) is 3.05. The lowest BCUT2D eigenvalue weighted by molar-refractivity contribution is -0.0186. The first-order valence-electron chi connectivity index (χ1n) is 8.30. The average molecular weight is 290 g/mol. The Bertz CT molecular complexity index is 413. The first-order valence-corrected chi connectivity index (χ1v) is 8.30. The Labute approximate surface area is 129 Å². The van der Waals surface area contributed by atoms with Crippen LogP contribution in [-0.2, 0) is 4.74 Å². The van der Waals surface area contributed by atoms with E-state index >= 15 is 0 Å². The van der Waals surface area contributed by atoms with Crippen molar-refractivity contribution in [3.8, 4) is 0 Å². The van der Waals surface area contributed by atoms with E-state index in [1.807, 2.05) is 0 Å². The molecule has 3 unspecified atom stereocenters. The molecule has 0 aromatic rings. The molecule has 0 aliphatic carbocycles. The first kappa shape index (κ1) is 16.3. The van der Waals surface area contributed by atoms with Crippen molar-refractivity contribution in [3.05, 3.63) is 36.2 Å². The standard InChI is InChI=1S/C18H30N2O/c1-4-6-17(19)15(3)8-9-16-10-11-18(21-16)20-12-5-7-14(2)13-20/h5,12-13,16-18H,3-4,6-11,19H2,1-2H3. The molecule has 21 heavy (non-hydrogen) atoms. The van der Waals surface area contributed by atoms with Gasteiger partial charge in [0.1, 0.15) is 6.23 Å². The highest BCUT2D eigenvalue weighted by atomic mass is 16.5. The largest absolute Gasteiger partial charge is 0.355 e. The molecule has 0 bridgehead atoms. The molecule has 0 aromatic carbocycles. The van der Waals surface area contributed by atoms with Crippen LogP contribution in [0.5, 0.6) is 0 Å². The third kappa shape index (κ3) is 4.72. The zero-order valence-electron chi connectivity index (χ0n) is 13.6. The van der Waals surface area contributed by atoms with Crippen LogP contribution in [0.4, 0.5) is 0 Å². The van der Waals surface area contributed by atoms with E-state index in [9.17, 15) is 0 Å². The van der Waals surface area contributed by atoms with Crippen LogP contribution in [0.25, 0.3) is 0 Å². The van der Waals surface area contributed by atoms with E-state index in [2.05, 4.69) is 43.8 Å². The van der Waals surface area contributed by atoms with Crippen LogP contribution in [0, 0.1) is 0 Å². The highest BCUT2D eigenvalue weighted by molar-refractivity contribution is 5.12. The van der Waals surface area contributed by atoms with Crippen molar-refractivity contribution in [2.24, 2.45) is 5.73 Å². The predicted molar refractivity (Wildman–Crippen MR) is 88.5 cm³/mol. The van der Waals surface area contributed by atoms with Gasteiger partial charge in [-0.15, -0.1) is 0 Å². The molecule has 0 radical (unpaired) electrons. The highest BCUT2D eigenvalue weighted by Crippen LogP contribution is 2.29. The summed E-state index contributed by atoms with van der Waals surface area (Å²) in [6, 6.07) is 0.155. The predicted octanol–water partition coefficient (Wildman–Crippen LogP) is 4.08. The molecule has 2 rings (SSSR count). The van der Waals surface area contributed by atoms with E-state index in [4.69, 9.17) is 10.5 Å². The Morgan fingerprint density at radius 3 is 3.05 bits per heavy atom. The number of hydrogen-bond acceptors (Lipinski definition) is 3. The van der Waals surface area contributed by atoms with Gasteiger partial charge in [0.05, 0.1) is 6.10 Å². The number of allylic oxidation sites excluding steroid dienone is 2. The zero-order chi connectivity index (χ0) is 15.2. The number of nitrogens with zero attached hydrogens (tertiary/aromatic N) is 1. The Kier molecular flexibility index (Phi) is 6.07. The van der Waals surface area contributed by atoms with Gasteiger partial charge in [-0.05, 0) is 45.4 Å². The van der Waals surface area contributed by atoms with Gasteiger partial charge in [0.2, 0.25) is 0 Å². The normalized spacial score (nSPS) is 26.8. The van der Waals surface area contributed by atoms with Crippen molar-refractivity contribution in [3.63, 3.8) is 0 Å². The molecule has 2 aliphatic heterocycles. The third-order valence-corrected chi connectivity index (χ3v) is 4.42. The summed E-state index contributed by atoms with van der Waals surface area (Å²) >= 11 is 0. The highest BCUT2D eigenvalue weighted by Gasteiger charge is 2.28. The second-order valence-corrected chi connectivity index (χ2v) is 6.39. The maximum absolute atomic E-state index is 6.19. The van der Waals surface area contributed by atoms with Crippen molar-refractivity contribution in [1.29, 1.82) is 0 Å². The smallest absolute Gasteiger partial charge is 0.133 e. The summed E-state index contributed by atoms with van der Waals surface area (Å²) in [4.78, 5) is 2.22. The Morgan fingerprint density at radius 2 is 2.33 bits per heavy atom. The third-order valence-electron chi connectivity index (χ3n) is 4.42. The molecule has 2 aliphatic rings. The van der Waals surface area contributed by atoms with E-state index in [1.54, 1.807) is 0 Å². The maximum atomic E-state index is 6.19. The lowest BCUT2D eigenvalue weighted by Gasteiger charge is -2.27. The maximum Gasteiger partial charge on any atom is 0.133 e. The van der Waals surface area contributed by atoms with Crippen LogP contribution in [0.2, 0.25) is 0 Å². The number of rotatable bonds is 7. The quantitative estimate of drug-likeness (QED) is 0.718. The van der Waals surface area contributed by atoms with Crippen molar-refractivity contribution in [1.82, 2.24) is 4.90 Å². The van der Waals surface area contributed by atoms with Crippen LogP contribution in [0.1, 0.15) is 58.8 Å². The summed E-state index contributed by atoms with van der Waals surface area (Å²) in [6.45, 7) is 8.48. The molecule has 0 amide bonds. The van der Waals surface area contributed by atoms with E-state index in [-0.39, 0.29) is 12.3 Å². The van der Waals surface area contributed by atoms with Crippen LogP contribution < -0.4 is 5.73 Å². The lowest BCUT2D eigenvalue weighted by Crippen LogP contribution is -2.28. The van der Waals surface area contributed by atoms with Crippen molar-refractivity contribution in [2.45, 2.75) is 77.2 Å². The van der Waals surface area contributed by atoms with Crippen LogP contribution >= 0.6 is 0 Å². The van der Waals surface area contributed by atoms with Gasteiger partial charge in [0.15, 0.2) is 0 Å². The van der Waals surface area contributed by atoms with Gasteiger partial charge < -0.3 is 15.4 Å². The molecular formula is C18H30N2O. The Balaban J connectivity index is 1.74. The summed E-state index contributed by atoms with van der Waals surface area (Å²) in [5.41, 5.74) is 8.68. The van der Waals surface area contributed by atoms with Crippen LogP contribution in [-0.4, -0.2) is 23.3 Å². The van der Waals surface area contributed by atoms with Gasteiger partial charge >= 0.3 is 0 Å². The van der Waals surface area contributed by atoms with Crippen LogP contribution in [0.15, 0.2) is 36.2 Å². The molecule has 118 valence electrons. The average Bonchev–Trinajstić information content (AvgIpc) is 2.94. The molecule has 0 spiro atoms. The zero-order valence-corrected chi connectivity index (χ0v) is 13.6. The first-order chi connectivity index (χ1) is 10.1. The molecule has 0 saturated carbocycles. The van der Waals surface area contributed by atoms with Crippen LogP contribution in [0.3, 0.4) is 0 Å². The molecule has 0 aromatic heterocycles. The summed E-state index contributed by atoms with van der Waals surface area (Å²) in [5.74, 6) is 0. The molecule has 3 nitrogen and oxygen atoms in total. The molecule has 1 saturated heterocycles. The molecule has 1 fully saturated rings. The second kappa shape index (κ2) is 7.81. The summed E-state index contributed by atoms with van der Waals surface area (Å²) in [7, 11) is 0. The van der Waals surface area contributed by atoms with Gasteiger partial charge in [-0.3, -0.25) is 0 Å². The number of hydrogen-bond donors (Lipinski definition) is 1. The fourth-order valence-corrected chi connectivity index (χ4v) is 3.05. The van der Waals surface area contributed by atoms with Crippen molar-refractivity contribution in [2.75, 3.05) is 0 Å². The van der Waals surface area contributed by atoms with Gasteiger partial charge in [-0.25, -0.2) is 0 Å². The minimum Gasteiger partial charge on any atom is -0.355 e. The number of ether oxygens (including phenoxy) is 1. The van der Waals surface area contributed by atoms with Crippen molar-refractivity contribution >= 4 is 0 Å².